The van der Waals surface area contributed by atoms with Crippen LogP contribution in [0, 0.1) is 0 Å². The highest BCUT2D eigenvalue weighted by atomic mass is 16.4. The highest BCUT2D eigenvalue weighted by molar-refractivity contribution is 6.02. The van der Waals surface area contributed by atoms with Gasteiger partial charge in [0.25, 0.3) is 5.91 Å². The van der Waals surface area contributed by atoms with Crippen molar-refractivity contribution in [2.75, 3.05) is 13.6 Å². The molecule has 0 atom stereocenters. The number of hydrogen-bond donors (Lipinski definition) is 1. The summed E-state index contributed by atoms with van der Waals surface area (Å²) in [5.74, 6) is -1.58. The first kappa shape index (κ1) is 11.9. The number of nitrogens with zero attached hydrogens (tertiary/aromatic N) is 1. The van der Waals surface area contributed by atoms with Crippen LogP contribution in [0.2, 0.25) is 0 Å². The minimum absolute atomic E-state index is 0.209. The van der Waals surface area contributed by atoms with Crippen LogP contribution in [-0.4, -0.2) is 41.8 Å². The maximum atomic E-state index is 11.8. The van der Waals surface area contributed by atoms with E-state index in [0.29, 0.717) is 6.29 Å². The molecule has 1 rings (SSSR count). The van der Waals surface area contributed by atoms with E-state index in [9.17, 15) is 14.4 Å². The first-order valence-electron chi connectivity index (χ1n) is 4.57. The molecule has 1 aromatic rings. The normalized spacial score (nSPS) is 9.56. The molecule has 0 saturated carbocycles. The summed E-state index contributed by atoms with van der Waals surface area (Å²) in [5, 5.41) is 8.54. The average molecular weight is 221 g/mol. The fourth-order valence-electron chi connectivity index (χ4n) is 1.27. The predicted octanol–water partition coefficient (Wildman–Crippen LogP) is 0.656. The van der Waals surface area contributed by atoms with Crippen LogP contribution < -0.4 is 0 Å². The Morgan fingerprint density at radius 1 is 1.38 bits per heavy atom. The van der Waals surface area contributed by atoms with E-state index >= 15 is 0 Å². The van der Waals surface area contributed by atoms with E-state index in [1.807, 2.05) is 0 Å². The standard InChI is InChI=1S/C11H11NO4/c1-12(6-10(14)15)11(16)9-5-3-2-4-8(9)7-13/h2-5,7H,6H2,1H3,(H,14,15). The number of rotatable bonds is 4. The van der Waals surface area contributed by atoms with E-state index in [1.54, 1.807) is 12.1 Å². The Balaban J connectivity index is 2.95. The SMILES string of the molecule is CN(CC(=O)O)C(=O)c1ccccc1C=O. The maximum Gasteiger partial charge on any atom is 0.323 e. The van der Waals surface area contributed by atoms with Crippen molar-refractivity contribution in [2.45, 2.75) is 0 Å². The zero-order valence-corrected chi connectivity index (χ0v) is 8.71. The van der Waals surface area contributed by atoms with Gasteiger partial charge in [-0.1, -0.05) is 18.2 Å². The second kappa shape index (κ2) is 5.06. The fourth-order valence-corrected chi connectivity index (χ4v) is 1.27. The molecule has 0 bridgehead atoms. The molecule has 0 aliphatic rings. The fraction of sp³-hybridized carbons (Fsp3) is 0.182. The van der Waals surface area contributed by atoms with E-state index in [1.165, 1.54) is 19.2 Å². The number of carboxylic acid groups (broad SMARTS) is 1. The Bertz CT molecular complexity index is 428. The largest absolute Gasteiger partial charge is 0.480 e. The van der Waals surface area contributed by atoms with Crippen molar-refractivity contribution in [1.82, 2.24) is 4.90 Å². The van der Waals surface area contributed by atoms with Crippen LogP contribution >= 0.6 is 0 Å². The van der Waals surface area contributed by atoms with Gasteiger partial charge in [-0.05, 0) is 6.07 Å². The van der Waals surface area contributed by atoms with E-state index < -0.39 is 18.4 Å². The smallest absolute Gasteiger partial charge is 0.323 e. The molecule has 1 amide bonds. The van der Waals surface area contributed by atoms with E-state index in [4.69, 9.17) is 5.11 Å². The van der Waals surface area contributed by atoms with Crippen molar-refractivity contribution in [1.29, 1.82) is 0 Å². The molecular weight excluding hydrogens is 210 g/mol. The molecule has 0 heterocycles. The van der Waals surface area contributed by atoms with E-state index in [0.717, 1.165) is 4.90 Å². The lowest BCUT2D eigenvalue weighted by atomic mass is 10.1. The zero-order chi connectivity index (χ0) is 12.1. The van der Waals surface area contributed by atoms with Gasteiger partial charge in [0, 0.05) is 12.6 Å². The Labute approximate surface area is 92.3 Å². The predicted molar refractivity (Wildman–Crippen MR) is 56.4 cm³/mol. The van der Waals surface area contributed by atoms with Crippen LogP contribution in [0.1, 0.15) is 20.7 Å². The minimum Gasteiger partial charge on any atom is -0.480 e. The molecule has 0 aliphatic heterocycles. The lowest BCUT2D eigenvalue weighted by Gasteiger charge is -2.15. The Kier molecular flexibility index (Phi) is 3.77. The van der Waals surface area contributed by atoms with Gasteiger partial charge in [-0.25, -0.2) is 0 Å². The molecule has 5 heteroatoms. The van der Waals surface area contributed by atoms with Crippen LogP contribution in [0.15, 0.2) is 24.3 Å². The van der Waals surface area contributed by atoms with Gasteiger partial charge in [0.2, 0.25) is 0 Å². The number of carboxylic acids is 1. The number of benzene rings is 1. The molecule has 84 valence electrons. The van der Waals surface area contributed by atoms with Crippen molar-refractivity contribution < 1.29 is 19.5 Å². The minimum atomic E-state index is -1.10. The van der Waals surface area contributed by atoms with E-state index in [2.05, 4.69) is 0 Å². The number of amides is 1. The summed E-state index contributed by atoms with van der Waals surface area (Å²) < 4.78 is 0. The number of carbonyl (C=O) groups is 3. The summed E-state index contributed by atoms with van der Waals surface area (Å²) in [4.78, 5) is 33.9. The summed E-state index contributed by atoms with van der Waals surface area (Å²) in [6.07, 6.45) is 0.571. The molecule has 0 spiro atoms. The third-order valence-corrected chi connectivity index (χ3v) is 2.04. The third kappa shape index (κ3) is 2.66. The van der Waals surface area contributed by atoms with Gasteiger partial charge in [-0.3, -0.25) is 14.4 Å². The quantitative estimate of drug-likeness (QED) is 0.758. The molecule has 0 aliphatic carbocycles. The number of hydrogen-bond acceptors (Lipinski definition) is 3. The van der Waals surface area contributed by atoms with Crippen molar-refractivity contribution in [2.24, 2.45) is 0 Å². The second-order valence-corrected chi connectivity index (χ2v) is 3.26. The van der Waals surface area contributed by atoms with Crippen molar-refractivity contribution >= 4 is 18.2 Å². The number of aldehydes is 1. The summed E-state index contributed by atoms with van der Waals surface area (Å²) >= 11 is 0. The summed E-state index contributed by atoms with van der Waals surface area (Å²) in [5.41, 5.74) is 0.464. The van der Waals surface area contributed by atoms with E-state index in [-0.39, 0.29) is 11.1 Å². The first-order valence-corrected chi connectivity index (χ1v) is 4.57. The third-order valence-electron chi connectivity index (χ3n) is 2.04. The Morgan fingerprint density at radius 2 is 2.00 bits per heavy atom. The lowest BCUT2D eigenvalue weighted by molar-refractivity contribution is -0.137. The topological polar surface area (TPSA) is 74.7 Å². The molecule has 0 fully saturated rings. The summed E-state index contributed by atoms with van der Waals surface area (Å²) in [6.45, 7) is -0.397. The van der Waals surface area contributed by atoms with Gasteiger partial charge in [-0.15, -0.1) is 0 Å². The second-order valence-electron chi connectivity index (χ2n) is 3.26. The van der Waals surface area contributed by atoms with Gasteiger partial charge in [0.1, 0.15) is 6.54 Å². The van der Waals surface area contributed by atoms with Crippen LogP contribution in [-0.2, 0) is 4.79 Å². The molecular formula is C11H11NO4. The lowest BCUT2D eigenvalue weighted by Crippen LogP contribution is -2.32. The molecule has 0 aromatic heterocycles. The average Bonchev–Trinajstić information content (AvgIpc) is 2.27. The molecule has 16 heavy (non-hydrogen) atoms. The van der Waals surface area contributed by atoms with Gasteiger partial charge < -0.3 is 10.0 Å². The van der Waals surface area contributed by atoms with Crippen LogP contribution in [0.5, 0.6) is 0 Å². The molecule has 1 N–H and O–H groups in total. The first-order chi connectivity index (χ1) is 7.56. The Hall–Kier alpha value is -2.17. The molecule has 0 unspecified atom stereocenters. The monoisotopic (exact) mass is 221 g/mol. The number of carbonyl (C=O) groups excluding carboxylic acids is 2. The van der Waals surface area contributed by atoms with Crippen LogP contribution in [0.3, 0.4) is 0 Å². The Morgan fingerprint density at radius 3 is 2.56 bits per heavy atom. The van der Waals surface area contributed by atoms with Gasteiger partial charge in [0.15, 0.2) is 6.29 Å². The number of aliphatic carboxylic acids is 1. The molecule has 0 saturated heterocycles. The van der Waals surface area contributed by atoms with Gasteiger partial charge >= 0.3 is 5.97 Å². The summed E-state index contributed by atoms with van der Waals surface area (Å²) in [6, 6.07) is 6.26. The van der Waals surface area contributed by atoms with Gasteiger partial charge in [-0.2, -0.15) is 0 Å². The maximum absolute atomic E-state index is 11.8. The highest BCUT2D eigenvalue weighted by Gasteiger charge is 2.16. The van der Waals surface area contributed by atoms with Crippen molar-refractivity contribution in [3.63, 3.8) is 0 Å². The van der Waals surface area contributed by atoms with Crippen molar-refractivity contribution in [3.8, 4) is 0 Å². The zero-order valence-electron chi connectivity index (χ0n) is 8.71. The highest BCUT2D eigenvalue weighted by Crippen LogP contribution is 2.08. The molecule has 1 aromatic carbocycles. The molecule has 5 nitrogen and oxygen atoms in total. The van der Waals surface area contributed by atoms with Crippen LogP contribution in [0.4, 0.5) is 0 Å². The van der Waals surface area contributed by atoms with Crippen LogP contribution in [0.25, 0.3) is 0 Å². The van der Waals surface area contributed by atoms with Gasteiger partial charge in [0.05, 0.1) is 5.56 Å². The number of likely N-dealkylation sites (N-methyl/N-ethyl adjacent to an activating group) is 1. The van der Waals surface area contributed by atoms with Crippen molar-refractivity contribution in [3.05, 3.63) is 35.4 Å². The molecule has 0 radical (unpaired) electrons. The summed E-state index contributed by atoms with van der Waals surface area (Å²) in [7, 11) is 1.37.